The Balaban J connectivity index is 1.93. The third-order valence-electron chi connectivity index (χ3n) is 3.26. The summed E-state index contributed by atoms with van der Waals surface area (Å²) >= 11 is 1.59. The van der Waals surface area contributed by atoms with Crippen molar-refractivity contribution in [3.05, 3.63) is 59.9 Å². The first kappa shape index (κ1) is 14.8. The van der Waals surface area contributed by atoms with E-state index in [0.717, 1.165) is 27.6 Å². The van der Waals surface area contributed by atoms with E-state index >= 15 is 0 Å². The second-order valence-corrected chi connectivity index (χ2v) is 5.98. The van der Waals surface area contributed by atoms with E-state index in [0.29, 0.717) is 12.1 Å². The number of anilines is 1. The highest BCUT2D eigenvalue weighted by Crippen LogP contribution is 2.24. The van der Waals surface area contributed by atoms with Crippen LogP contribution >= 0.6 is 11.8 Å². The summed E-state index contributed by atoms with van der Waals surface area (Å²) in [4.78, 5) is 9.09. The van der Waals surface area contributed by atoms with Gasteiger partial charge in [-0.15, -0.1) is 0 Å². The maximum atomic E-state index is 13.7. The van der Waals surface area contributed by atoms with Crippen molar-refractivity contribution in [2.24, 2.45) is 0 Å². The van der Waals surface area contributed by atoms with Crippen LogP contribution < -0.4 is 5.32 Å². The van der Waals surface area contributed by atoms with Crippen LogP contribution in [0.25, 0.3) is 10.9 Å². The maximum Gasteiger partial charge on any atom is 0.190 e. The summed E-state index contributed by atoms with van der Waals surface area (Å²) in [7, 11) is 0. The van der Waals surface area contributed by atoms with Gasteiger partial charge in [-0.1, -0.05) is 49.0 Å². The lowest BCUT2D eigenvalue weighted by molar-refractivity contribution is 0.613. The molecule has 1 N–H and O–H groups in total. The van der Waals surface area contributed by atoms with Crippen LogP contribution in [0.15, 0.2) is 53.7 Å². The van der Waals surface area contributed by atoms with Crippen LogP contribution in [0.4, 0.5) is 10.2 Å². The largest absolute Gasteiger partial charge is 0.365 e. The van der Waals surface area contributed by atoms with Crippen molar-refractivity contribution in [3.63, 3.8) is 0 Å². The number of para-hydroxylation sites is 1. The molecule has 22 heavy (non-hydrogen) atoms. The summed E-state index contributed by atoms with van der Waals surface area (Å²) in [6.07, 6.45) is 0. The smallest absolute Gasteiger partial charge is 0.190 e. The van der Waals surface area contributed by atoms with Gasteiger partial charge >= 0.3 is 0 Å². The van der Waals surface area contributed by atoms with E-state index in [2.05, 4.69) is 22.2 Å². The molecule has 0 bridgehead atoms. The summed E-state index contributed by atoms with van der Waals surface area (Å²) in [5, 5.41) is 4.92. The average molecular weight is 313 g/mol. The number of fused-ring (bicyclic) bond motifs is 1. The average Bonchev–Trinajstić information content (AvgIpc) is 2.54. The van der Waals surface area contributed by atoms with Crippen molar-refractivity contribution in [1.29, 1.82) is 0 Å². The molecule has 0 aliphatic rings. The minimum Gasteiger partial charge on any atom is -0.365 e. The predicted molar refractivity (Wildman–Crippen MR) is 89.7 cm³/mol. The predicted octanol–water partition coefficient (Wildman–Crippen LogP) is 4.49. The van der Waals surface area contributed by atoms with Crippen LogP contribution in [0.2, 0.25) is 0 Å². The van der Waals surface area contributed by atoms with E-state index in [1.807, 2.05) is 30.3 Å². The lowest BCUT2D eigenvalue weighted by atomic mass is 10.2. The fourth-order valence-corrected chi connectivity index (χ4v) is 2.78. The van der Waals surface area contributed by atoms with Crippen LogP contribution in [-0.2, 0) is 6.54 Å². The van der Waals surface area contributed by atoms with Crippen LogP contribution in [0.1, 0.15) is 12.5 Å². The number of hydrogen-bond donors (Lipinski definition) is 1. The van der Waals surface area contributed by atoms with E-state index in [1.165, 1.54) is 6.07 Å². The Hall–Kier alpha value is -2.14. The molecule has 1 heterocycles. The number of nitrogens with zero attached hydrogens (tertiary/aromatic N) is 2. The van der Waals surface area contributed by atoms with Gasteiger partial charge in [-0.05, 0) is 24.0 Å². The molecule has 0 radical (unpaired) electrons. The number of nitrogens with one attached hydrogen (secondary N) is 1. The number of hydrogen-bond acceptors (Lipinski definition) is 4. The van der Waals surface area contributed by atoms with Gasteiger partial charge in [0.2, 0.25) is 0 Å². The van der Waals surface area contributed by atoms with Gasteiger partial charge in [0.1, 0.15) is 11.6 Å². The molecule has 3 nitrogen and oxygen atoms in total. The van der Waals surface area contributed by atoms with Crippen LogP contribution in [0.5, 0.6) is 0 Å². The highest BCUT2D eigenvalue weighted by Gasteiger charge is 2.08. The van der Waals surface area contributed by atoms with Gasteiger partial charge in [-0.2, -0.15) is 0 Å². The quantitative estimate of drug-likeness (QED) is 0.556. The second kappa shape index (κ2) is 6.75. The second-order valence-electron chi connectivity index (χ2n) is 4.75. The van der Waals surface area contributed by atoms with Gasteiger partial charge < -0.3 is 5.32 Å². The monoisotopic (exact) mass is 313 g/mol. The Labute approximate surface area is 133 Å². The highest BCUT2D eigenvalue weighted by molar-refractivity contribution is 7.99. The molecule has 1 aromatic heterocycles. The van der Waals surface area contributed by atoms with Crippen LogP contribution in [-0.4, -0.2) is 15.7 Å². The molecule has 2 aromatic carbocycles. The molecular weight excluding hydrogens is 297 g/mol. The minimum atomic E-state index is -0.212. The fourth-order valence-electron chi connectivity index (χ4n) is 2.20. The first-order valence-corrected chi connectivity index (χ1v) is 8.13. The minimum absolute atomic E-state index is 0.212. The number of rotatable bonds is 5. The first-order chi connectivity index (χ1) is 10.8. The van der Waals surface area contributed by atoms with Gasteiger partial charge in [0.25, 0.3) is 0 Å². The van der Waals surface area contributed by atoms with Crippen molar-refractivity contribution in [1.82, 2.24) is 9.97 Å². The van der Waals surface area contributed by atoms with Crippen molar-refractivity contribution in [2.75, 3.05) is 11.1 Å². The third-order valence-corrected chi connectivity index (χ3v) is 3.99. The number of thioether (sulfide) groups is 1. The zero-order chi connectivity index (χ0) is 15.4. The normalized spacial score (nSPS) is 10.8. The molecule has 0 atom stereocenters. The third kappa shape index (κ3) is 3.20. The van der Waals surface area contributed by atoms with Gasteiger partial charge in [-0.25, -0.2) is 14.4 Å². The van der Waals surface area contributed by atoms with Gasteiger partial charge in [0.05, 0.1) is 5.52 Å². The van der Waals surface area contributed by atoms with Crippen molar-refractivity contribution in [2.45, 2.75) is 18.6 Å². The highest BCUT2D eigenvalue weighted by atomic mass is 32.2. The molecule has 0 saturated heterocycles. The Morgan fingerprint density at radius 3 is 2.64 bits per heavy atom. The van der Waals surface area contributed by atoms with E-state index in [1.54, 1.807) is 23.9 Å². The Morgan fingerprint density at radius 1 is 1.05 bits per heavy atom. The van der Waals surface area contributed by atoms with Gasteiger partial charge in [-0.3, -0.25) is 0 Å². The van der Waals surface area contributed by atoms with Crippen molar-refractivity contribution >= 4 is 28.5 Å². The molecule has 0 saturated carbocycles. The Morgan fingerprint density at radius 2 is 1.82 bits per heavy atom. The van der Waals surface area contributed by atoms with E-state index in [9.17, 15) is 4.39 Å². The van der Waals surface area contributed by atoms with Crippen molar-refractivity contribution < 1.29 is 4.39 Å². The number of benzene rings is 2. The van der Waals surface area contributed by atoms with Gasteiger partial charge in [0, 0.05) is 17.5 Å². The molecule has 0 amide bonds. The molecule has 3 aromatic rings. The zero-order valence-electron chi connectivity index (χ0n) is 12.2. The molecule has 0 fully saturated rings. The molecule has 5 heteroatoms. The molecule has 0 aliphatic heterocycles. The molecule has 112 valence electrons. The summed E-state index contributed by atoms with van der Waals surface area (Å²) in [5.74, 6) is 1.44. The molecule has 3 rings (SSSR count). The summed E-state index contributed by atoms with van der Waals surface area (Å²) < 4.78 is 13.7. The summed E-state index contributed by atoms with van der Waals surface area (Å²) in [6, 6.07) is 14.6. The standard InChI is InChI=1S/C17H16FN3S/c1-2-22-17-20-15-10-6-4-8-13(15)16(21-17)19-11-12-7-3-5-9-14(12)18/h3-10H,2,11H2,1H3,(H,19,20,21). The summed E-state index contributed by atoms with van der Waals surface area (Å²) in [5.41, 5.74) is 1.51. The lowest BCUT2D eigenvalue weighted by Crippen LogP contribution is -2.05. The Kier molecular flexibility index (Phi) is 4.53. The van der Waals surface area contributed by atoms with Crippen LogP contribution in [0, 0.1) is 5.82 Å². The van der Waals surface area contributed by atoms with Crippen molar-refractivity contribution in [3.8, 4) is 0 Å². The SMILES string of the molecule is CCSc1nc(NCc2ccccc2F)c2ccccc2n1. The van der Waals surface area contributed by atoms with E-state index < -0.39 is 0 Å². The molecule has 0 aliphatic carbocycles. The molecular formula is C17H16FN3S. The maximum absolute atomic E-state index is 13.7. The fraction of sp³-hybridized carbons (Fsp3) is 0.176. The van der Waals surface area contributed by atoms with Gasteiger partial charge in [0.15, 0.2) is 5.16 Å². The lowest BCUT2D eigenvalue weighted by Gasteiger charge is -2.11. The van der Waals surface area contributed by atoms with Crippen LogP contribution in [0.3, 0.4) is 0 Å². The first-order valence-electron chi connectivity index (χ1n) is 7.15. The molecule has 0 spiro atoms. The Bertz CT molecular complexity index is 792. The number of aromatic nitrogens is 2. The van der Waals surface area contributed by atoms with E-state index in [4.69, 9.17) is 0 Å². The van der Waals surface area contributed by atoms with E-state index in [-0.39, 0.29) is 5.82 Å². The summed E-state index contributed by atoms with van der Waals surface area (Å²) in [6.45, 7) is 2.46. The zero-order valence-corrected chi connectivity index (χ0v) is 13.0. The topological polar surface area (TPSA) is 37.8 Å². The molecule has 0 unspecified atom stereocenters. The number of halogens is 1.